The van der Waals surface area contributed by atoms with Gasteiger partial charge in [0.05, 0.1) is 0 Å². The molecule has 0 saturated heterocycles. The van der Waals surface area contributed by atoms with Crippen molar-refractivity contribution in [3.8, 4) is 0 Å². The van der Waals surface area contributed by atoms with Crippen LogP contribution < -0.4 is 5.32 Å². The highest BCUT2D eigenvalue weighted by atomic mass is 16.2. The van der Waals surface area contributed by atoms with Crippen LogP contribution in [-0.2, 0) is 11.2 Å². The van der Waals surface area contributed by atoms with E-state index < -0.39 is 0 Å². The molecule has 84 valence electrons. The maximum Gasteiger partial charge on any atom is 0.250 e. The molecule has 1 unspecified atom stereocenters. The van der Waals surface area contributed by atoms with E-state index in [2.05, 4.69) is 29.4 Å². The van der Waals surface area contributed by atoms with Crippen LogP contribution in [0.3, 0.4) is 0 Å². The van der Waals surface area contributed by atoms with Crippen molar-refractivity contribution in [2.75, 3.05) is 0 Å². The van der Waals surface area contributed by atoms with E-state index in [1.54, 1.807) is 0 Å². The summed E-state index contributed by atoms with van der Waals surface area (Å²) in [6, 6.07) is 7.96. The second kappa shape index (κ2) is 4.47. The summed E-state index contributed by atoms with van der Waals surface area (Å²) >= 11 is 0. The molecule has 1 aromatic carbocycles. The smallest absolute Gasteiger partial charge is 0.250 e. The van der Waals surface area contributed by atoms with Gasteiger partial charge in [-0.05, 0) is 18.4 Å². The third kappa shape index (κ3) is 1.98. The lowest BCUT2D eigenvalue weighted by atomic mass is 10.1. The van der Waals surface area contributed by atoms with Gasteiger partial charge in [0.1, 0.15) is 11.9 Å². The number of hydrogen-bond donors (Lipinski definition) is 1. The Balaban J connectivity index is 2.22. The van der Waals surface area contributed by atoms with Crippen molar-refractivity contribution in [1.82, 2.24) is 5.32 Å². The van der Waals surface area contributed by atoms with Gasteiger partial charge in [-0.2, -0.15) is 0 Å². The van der Waals surface area contributed by atoms with Crippen LogP contribution in [0.25, 0.3) is 0 Å². The zero-order valence-electron chi connectivity index (χ0n) is 9.66. The molecule has 0 bridgehead atoms. The Morgan fingerprint density at radius 2 is 1.94 bits per heavy atom. The summed E-state index contributed by atoms with van der Waals surface area (Å²) in [6.07, 6.45) is 1.78. The minimum atomic E-state index is -0.208. The third-order valence-corrected chi connectivity index (χ3v) is 2.85. The lowest BCUT2D eigenvalue weighted by Crippen LogP contribution is -2.28. The molecule has 1 atom stereocenters. The molecular weight excluding hydrogens is 200 g/mol. The fraction of sp³-hybridized carbons (Fsp3) is 0.385. The Hall–Kier alpha value is -1.64. The van der Waals surface area contributed by atoms with Crippen LogP contribution in [0.1, 0.15) is 31.4 Å². The molecule has 0 aromatic heterocycles. The highest BCUT2D eigenvalue weighted by Gasteiger charge is 2.24. The van der Waals surface area contributed by atoms with Crippen molar-refractivity contribution in [3.05, 3.63) is 35.4 Å². The quantitative estimate of drug-likeness (QED) is 0.823. The molecule has 0 fully saturated rings. The van der Waals surface area contributed by atoms with Crippen molar-refractivity contribution in [3.63, 3.8) is 0 Å². The SMILES string of the molecule is CCc1ccc(C2=NC(CC)C(=O)N2)cc1. The predicted molar refractivity (Wildman–Crippen MR) is 64.6 cm³/mol. The number of rotatable bonds is 3. The Bertz CT molecular complexity index is 420. The van der Waals surface area contributed by atoms with Crippen LogP contribution in [0, 0.1) is 0 Å². The zero-order valence-corrected chi connectivity index (χ0v) is 9.66. The van der Waals surface area contributed by atoms with Gasteiger partial charge in [-0.25, -0.2) is 0 Å². The normalized spacial score (nSPS) is 19.5. The maximum atomic E-state index is 11.5. The Kier molecular flexibility index (Phi) is 3.04. The molecule has 1 aromatic rings. The van der Waals surface area contributed by atoms with Crippen LogP contribution in [0.2, 0.25) is 0 Å². The van der Waals surface area contributed by atoms with E-state index in [9.17, 15) is 4.79 Å². The van der Waals surface area contributed by atoms with Gasteiger partial charge >= 0.3 is 0 Å². The number of aliphatic imine (C=N–C) groups is 1. The highest BCUT2D eigenvalue weighted by Crippen LogP contribution is 2.11. The number of amidine groups is 1. The average Bonchev–Trinajstić information content (AvgIpc) is 2.71. The van der Waals surface area contributed by atoms with Crippen molar-refractivity contribution in [2.24, 2.45) is 4.99 Å². The van der Waals surface area contributed by atoms with Crippen molar-refractivity contribution in [1.29, 1.82) is 0 Å². The first kappa shape index (κ1) is 10.9. The number of aryl methyl sites for hydroxylation is 1. The fourth-order valence-electron chi connectivity index (χ4n) is 1.77. The Morgan fingerprint density at radius 1 is 1.25 bits per heavy atom. The molecular formula is C13H16N2O. The lowest BCUT2D eigenvalue weighted by Gasteiger charge is -2.02. The molecule has 0 saturated carbocycles. The molecule has 3 heteroatoms. The van der Waals surface area contributed by atoms with Crippen LogP contribution in [0.5, 0.6) is 0 Å². The summed E-state index contributed by atoms with van der Waals surface area (Å²) in [4.78, 5) is 15.9. The summed E-state index contributed by atoms with van der Waals surface area (Å²) in [5.74, 6) is 0.719. The number of hydrogen-bond acceptors (Lipinski definition) is 2. The number of nitrogens with zero attached hydrogens (tertiary/aromatic N) is 1. The summed E-state index contributed by atoms with van der Waals surface area (Å²) in [7, 11) is 0. The maximum absolute atomic E-state index is 11.5. The minimum Gasteiger partial charge on any atom is -0.309 e. The van der Waals surface area contributed by atoms with Gasteiger partial charge in [-0.3, -0.25) is 9.79 Å². The standard InChI is InChI=1S/C13H16N2O/c1-3-9-5-7-10(8-6-9)12-14-11(4-2)13(16)15-12/h5-8,11H,3-4H2,1-2H3,(H,14,15,16). The van der Waals surface area contributed by atoms with Crippen LogP contribution >= 0.6 is 0 Å². The second-order valence-corrected chi connectivity index (χ2v) is 3.94. The molecule has 0 aliphatic carbocycles. The number of carbonyl (C=O) groups excluding carboxylic acids is 1. The summed E-state index contributed by atoms with van der Waals surface area (Å²) in [5, 5.41) is 2.82. The van der Waals surface area contributed by atoms with Gasteiger partial charge in [-0.1, -0.05) is 38.1 Å². The third-order valence-electron chi connectivity index (χ3n) is 2.85. The van der Waals surface area contributed by atoms with Crippen molar-refractivity contribution < 1.29 is 4.79 Å². The highest BCUT2D eigenvalue weighted by molar-refractivity contribution is 6.13. The van der Waals surface area contributed by atoms with E-state index in [-0.39, 0.29) is 11.9 Å². The van der Waals surface area contributed by atoms with Gasteiger partial charge in [0.25, 0.3) is 0 Å². The molecule has 0 spiro atoms. The molecule has 1 amide bonds. The topological polar surface area (TPSA) is 41.5 Å². The van der Waals surface area contributed by atoms with Gasteiger partial charge in [0.15, 0.2) is 0 Å². The second-order valence-electron chi connectivity index (χ2n) is 3.94. The number of amides is 1. The fourth-order valence-corrected chi connectivity index (χ4v) is 1.77. The largest absolute Gasteiger partial charge is 0.309 e. The summed E-state index contributed by atoms with van der Waals surface area (Å²) in [5.41, 5.74) is 2.28. The van der Waals surface area contributed by atoms with Crippen LogP contribution in [0.4, 0.5) is 0 Å². The molecule has 1 heterocycles. The lowest BCUT2D eigenvalue weighted by molar-refractivity contribution is -0.120. The van der Waals surface area contributed by atoms with E-state index in [1.807, 2.05) is 19.1 Å². The van der Waals surface area contributed by atoms with E-state index in [1.165, 1.54) is 5.56 Å². The number of benzene rings is 1. The predicted octanol–water partition coefficient (Wildman–Crippen LogP) is 1.90. The molecule has 1 aliphatic heterocycles. The molecule has 3 nitrogen and oxygen atoms in total. The van der Waals surface area contributed by atoms with E-state index in [0.29, 0.717) is 5.84 Å². The van der Waals surface area contributed by atoms with E-state index in [4.69, 9.17) is 0 Å². The van der Waals surface area contributed by atoms with Gasteiger partial charge in [-0.15, -0.1) is 0 Å². The van der Waals surface area contributed by atoms with Crippen molar-refractivity contribution in [2.45, 2.75) is 32.7 Å². The molecule has 1 N–H and O–H groups in total. The minimum absolute atomic E-state index is 0.0112. The first-order chi connectivity index (χ1) is 7.74. The molecule has 16 heavy (non-hydrogen) atoms. The van der Waals surface area contributed by atoms with Crippen LogP contribution in [0.15, 0.2) is 29.3 Å². The average molecular weight is 216 g/mol. The van der Waals surface area contributed by atoms with Crippen LogP contribution in [-0.4, -0.2) is 17.8 Å². The van der Waals surface area contributed by atoms with E-state index >= 15 is 0 Å². The zero-order chi connectivity index (χ0) is 11.5. The number of carbonyl (C=O) groups is 1. The summed E-state index contributed by atoms with van der Waals surface area (Å²) < 4.78 is 0. The number of nitrogens with one attached hydrogen (secondary N) is 1. The first-order valence-corrected chi connectivity index (χ1v) is 5.72. The first-order valence-electron chi connectivity index (χ1n) is 5.72. The molecule has 0 radical (unpaired) electrons. The van der Waals surface area contributed by atoms with E-state index in [0.717, 1.165) is 18.4 Å². The Labute approximate surface area is 95.6 Å². The van der Waals surface area contributed by atoms with Gasteiger partial charge in [0.2, 0.25) is 5.91 Å². The van der Waals surface area contributed by atoms with Gasteiger partial charge < -0.3 is 5.32 Å². The molecule has 1 aliphatic rings. The van der Waals surface area contributed by atoms with Gasteiger partial charge in [0, 0.05) is 5.56 Å². The van der Waals surface area contributed by atoms with Crippen molar-refractivity contribution >= 4 is 11.7 Å². The Morgan fingerprint density at radius 3 is 2.44 bits per heavy atom. The monoisotopic (exact) mass is 216 g/mol. The summed E-state index contributed by atoms with van der Waals surface area (Å²) in [6.45, 7) is 4.09. The molecule has 2 rings (SSSR count).